The van der Waals surface area contributed by atoms with Crippen molar-refractivity contribution < 1.29 is 33.3 Å². The number of fused-ring (bicyclic) bond motifs is 5. The number of amides is 1. The molecule has 5 aromatic rings. The highest BCUT2D eigenvalue weighted by Gasteiger charge is 2.55. The molecule has 3 aliphatic rings. The zero-order valence-electron chi connectivity index (χ0n) is 24.9. The van der Waals surface area contributed by atoms with E-state index < -0.39 is 11.9 Å². The standard InChI is InChI=1S/C33H31FN4O6S/c1-42-16-44-20-10-17-6-4-5-7-21(17)22(13-20)28-27(34)29-24(14-35-28)31-23(32(36-29)45-3)12-19(8-9-26(39)43-2)38(31)30-18-11-25(30)37(15-18)33(40)41/h4-7,10,12-14,18,25,30H,8-9,11,15-16H2,1-3H3,(H,40,41). The number of pyridine rings is 2. The number of carbonyl (C=O) groups is 2. The van der Waals surface area contributed by atoms with E-state index in [4.69, 9.17) is 24.2 Å². The number of thioether (sulfide) groups is 1. The first-order chi connectivity index (χ1) is 21.8. The van der Waals surface area contributed by atoms with E-state index in [9.17, 15) is 14.7 Å². The summed E-state index contributed by atoms with van der Waals surface area (Å²) in [5.74, 6) is -0.276. The van der Waals surface area contributed by atoms with Gasteiger partial charge in [-0.3, -0.25) is 9.78 Å². The number of carboxylic acid groups (broad SMARTS) is 1. The molecular weight excluding hydrogens is 599 g/mol. The molecule has 45 heavy (non-hydrogen) atoms. The number of ether oxygens (including phenoxy) is 3. The molecule has 3 fully saturated rings. The summed E-state index contributed by atoms with van der Waals surface area (Å²) in [6, 6.07) is 12.9. The van der Waals surface area contributed by atoms with Crippen LogP contribution >= 0.6 is 11.8 Å². The van der Waals surface area contributed by atoms with Crippen LogP contribution < -0.4 is 4.74 Å². The molecule has 3 unspecified atom stereocenters. The Morgan fingerprint density at radius 3 is 2.69 bits per heavy atom. The fraction of sp³-hybridized carbons (Fsp3) is 0.333. The van der Waals surface area contributed by atoms with Crippen molar-refractivity contribution in [2.45, 2.75) is 36.4 Å². The quantitative estimate of drug-likeness (QED) is 0.114. The van der Waals surface area contributed by atoms with Gasteiger partial charge in [-0.05, 0) is 48.1 Å². The molecule has 12 heteroatoms. The fourth-order valence-corrected chi connectivity index (χ4v) is 7.59. The Morgan fingerprint density at radius 1 is 1.13 bits per heavy atom. The van der Waals surface area contributed by atoms with Gasteiger partial charge in [-0.2, -0.15) is 0 Å². The first-order valence-electron chi connectivity index (χ1n) is 14.6. The van der Waals surface area contributed by atoms with Gasteiger partial charge in [0.05, 0.1) is 31.1 Å². The number of halogens is 1. The molecule has 5 heterocycles. The lowest BCUT2D eigenvalue weighted by Crippen LogP contribution is -2.42. The van der Waals surface area contributed by atoms with Gasteiger partial charge in [-0.25, -0.2) is 14.2 Å². The molecule has 1 amide bonds. The second-order valence-electron chi connectivity index (χ2n) is 11.4. The number of carbonyl (C=O) groups excluding carboxylic acids is 1. The highest BCUT2D eigenvalue weighted by atomic mass is 32.2. The molecule has 2 saturated heterocycles. The number of nitrogens with zero attached hydrogens (tertiary/aromatic N) is 4. The third kappa shape index (κ3) is 4.74. The molecule has 0 radical (unpaired) electrons. The molecule has 1 N–H and O–H groups in total. The maximum atomic E-state index is 16.8. The van der Waals surface area contributed by atoms with Gasteiger partial charge in [0.1, 0.15) is 22.0 Å². The van der Waals surface area contributed by atoms with E-state index in [0.717, 1.165) is 33.8 Å². The van der Waals surface area contributed by atoms with Gasteiger partial charge in [0, 0.05) is 47.8 Å². The van der Waals surface area contributed by atoms with E-state index in [1.165, 1.54) is 30.9 Å². The number of rotatable bonds is 9. The summed E-state index contributed by atoms with van der Waals surface area (Å²) in [5.41, 5.74) is 2.48. The van der Waals surface area contributed by atoms with Gasteiger partial charge >= 0.3 is 12.1 Å². The van der Waals surface area contributed by atoms with E-state index in [1.807, 2.05) is 42.7 Å². The van der Waals surface area contributed by atoms with Gasteiger partial charge in [-0.1, -0.05) is 24.3 Å². The number of methoxy groups -OCH3 is 2. The van der Waals surface area contributed by atoms with Crippen molar-refractivity contribution in [1.29, 1.82) is 0 Å². The number of hydrogen-bond acceptors (Lipinski definition) is 8. The third-order valence-corrected chi connectivity index (χ3v) is 9.74. The first kappa shape index (κ1) is 29.3. The summed E-state index contributed by atoms with van der Waals surface area (Å²) in [6.07, 6.45) is 3.90. The van der Waals surface area contributed by atoms with Gasteiger partial charge in [-0.15, -0.1) is 11.8 Å². The van der Waals surface area contributed by atoms with Crippen LogP contribution in [0.4, 0.5) is 9.18 Å². The van der Waals surface area contributed by atoms with Gasteiger partial charge < -0.3 is 28.8 Å². The molecule has 3 atom stereocenters. The van der Waals surface area contributed by atoms with Gasteiger partial charge in [0.25, 0.3) is 0 Å². The number of benzene rings is 2. The average Bonchev–Trinajstić information content (AvgIpc) is 3.75. The van der Waals surface area contributed by atoms with Crippen LogP contribution in [0.25, 0.3) is 43.8 Å². The summed E-state index contributed by atoms with van der Waals surface area (Å²) in [5, 5.41) is 13.5. The molecule has 1 aliphatic carbocycles. The van der Waals surface area contributed by atoms with Crippen LogP contribution in [0.3, 0.4) is 0 Å². The summed E-state index contributed by atoms with van der Waals surface area (Å²) < 4.78 is 34.7. The predicted octanol–water partition coefficient (Wildman–Crippen LogP) is 6.28. The monoisotopic (exact) mass is 630 g/mol. The predicted molar refractivity (Wildman–Crippen MR) is 168 cm³/mol. The highest BCUT2D eigenvalue weighted by Crippen LogP contribution is 2.52. The number of aryl methyl sites for hydroxylation is 1. The Bertz CT molecular complexity index is 2000. The van der Waals surface area contributed by atoms with E-state index in [1.54, 1.807) is 12.3 Å². The Kier molecular flexibility index (Phi) is 7.49. The van der Waals surface area contributed by atoms with Crippen molar-refractivity contribution in [2.75, 3.05) is 33.8 Å². The topological polar surface area (TPSA) is 116 Å². The lowest BCUT2D eigenvalue weighted by molar-refractivity contribution is -0.140. The van der Waals surface area contributed by atoms with Gasteiger partial charge in [0.2, 0.25) is 0 Å². The summed E-state index contributed by atoms with van der Waals surface area (Å²) in [7, 11) is 2.89. The minimum absolute atomic E-state index is 0.0415. The SMILES string of the molecule is COCOc1cc(-c2ncc3c(nc(SC)c4cc(CCC(=O)OC)n(C5C6CC5N(C(=O)O)C6)c43)c2F)c2ccccc2c1. The van der Waals surface area contributed by atoms with Crippen LogP contribution in [0.2, 0.25) is 0 Å². The van der Waals surface area contributed by atoms with Crippen LogP contribution in [0.5, 0.6) is 5.75 Å². The number of aromatic nitrogens is 3. The van der Waals surface area contributed by atoms with Crippen LogP contribution in [-0.2, 0) is 20.7 Å². The van der Waals surface area contributed by atoms with Crippen molar-refractivity contribution >= 4 is 56.4 Å². The largest absolute Gasteiger partial charge is 0.469 e. The lowest BCUT2D eigenvalue weighted by atomic mass is 9.79. The van der Waals surface area contributed by atoms with E-state index >= 15 is 4.39 Å². The highest BCUT2D eigenvalue weighted by molar-refractivity contribution is 7.98. The molecular formula is C33H31FN4O6S. The second-order valence-corrected chi connectivity index (χ2v) is 12.2. The molecule has 1 saturated carbocycles. The van der Waals surface area contributed by atoms with E-state index in [2.05, 4.69) is 4.57 Å². The zero-order valence-corrected chi connectivity index (χ0v) is 25.8. The van der Waals surface area contributed by atoms with Crippen molar-refractivity contribution in [3.63, 3.8) is 0 Å². The minimum Gasteiger partial charge on any atom is -0.469 e. The molecule has 2 bridgehead atoms. The van der Waals surface area contributed by atoms with Crippen molar-refractivity contribution in [1.82, 2.24) is 19.4 Å². The Morgan fingerprint density at radius 2 is 1.96 bits per heavy atom. The summed E-state index contributed by atoms with van der Waals surface area (Å²) in [6.45, 7) is 0.476. The van der Waals surface area contributed by atoms with Crippen LogP contribution in [0, 0.1) is 11.7 Å². The average molecular weight is 631 g/mol. The normalized spacial score (nSPS) is 18.9. The van der Waals surface area contributed by atoms with Crippen LogP contribution in [0.15, 0.2) is 53.7 Å². The van der Waals surface area contributed by atoms with Gasteiger partial charge in [0.15, 0.2) is 12.6 Å². The van der Waals surface area contributed by atoms with E-state index in [-0.39, 0.29) is 48.4 Å². The van der Waals surface area contributed by atoms with Crippen molar-refractivity contribution in [3.8, 4) is 17.0 Å². The Balaban J connectivity index is 1.46. The third-order valence-electron chi connectivity index (χ3n) is 9.05. The first-order valence-corrected chi connectivity index (χ1v) is 15.8. The zero-order chi connectivity index (χ0) is 31.4. The number of hydrogen-bond donors (Lipinski definition) is 1. The maximum Gasteiger partial charge on any atom is 0.407 e. The molecule has 2 aliphatic heterocycles. The Hall–Kier alpha value is -4.42. The minimum atomic E-state index is -0.949. The fourth-order valence-electron chi connectivity index (χ4n) is 7.03. The molecule has 0 spiro atoms. The molecule has 8 rings (SSSR count). The molecule has 2 aromatic carbocycles. The maximum absolute atomic E-state index is 16.8. The van der Waals surface area contributed by atoms with Crippen LogP contribution in [-0.4, -0.2) is 76.5 Å². The lowest BCUT2D eigenvalue weighted by Gasteiger charge is -2.38. The summed E-state index contributed by atoms with van der Waals surface area (Å²) >= 11 is 1.41. The van der Waals surface area contributed by atoms with Crippen LogP contribution in [0.1, 0.15) is 24.6 Å². The molecule has 3 aromatic heterocycles. The van der Waals surface area contributed by atoms with Crippen molar-refractivity contribution in [3.05, 3.63) is 60.2 Å². The van der Waals surface area contributed by atoms with Crippen molar-refractivity contribution in [2.24, 2.45) is 5.92 Å². The van der Waals surface area contributed by atoms with E-state index in [0.29, 0.717) is 34.7 Å². The molecule has 232 valence electrons. The second kappa shape index (κ2) is 11.5. The summed E-state index contributed by atoms with van der Waals surface area (Å²) in [4.78, 5) is 35.2. The molecule has 10 nitrogen and oxygen atoms in total. The smallest absolute Gasteiger partial charge is 0.407 e. The number of esters is 1. The Labute approximate surface area is 262 Å².